The molecule has 0 unspecified atom stereocenters. The number of nitrogens with zero attached hydrogens (tertiary/aromatic N) is 5. The minimum absolute atomic E-state index is 0.0148. The van der Waals surface area contributed by atoms with Gasteiger partial charge in [-0.05, 0) is 38.8 Å². The number of amides is 2. The van der Waals surface area contributed by atoms with E-state index >= 15 is 0 Å². The first kappa shape index (κ1) is 25.3. The molecule has 0 saturated carbocycles. The van der Waals surface area contributed by atoms with Gasteiger partial charge in [0, 0.05) is 47.9 Å². The first-order chi connectivity index (χ1) is 17.1. The van der Waals surface area contributed by atoms with Gasteiger partial charge in [0.1, 0.15) is 18.2 Å². The number of nitrogens with one attached hydrogen (secondary N) is 2. The van der Waals surface area contributed by atoms with Crippen LogP contribution in [0.1, 0.15) is 56.7 Å². The lowest BCUT2D eigenvalue weighted by molar-refractivity contribution is -0.134. The van der Waals surface area contributed by atoms with E-state index in [9.17, 15) is 9.59 Å². The Morgan fingerprint density at radius 3 is 2.53 bits per heavy atom. The molecule has 2 N–H and O–H groups in total. The Morgan fingerprint density at radius 1 is 1.11 bits per heavy atom. The summed E-state index contributed by atoms with van der Waals surface area (Å²) in [4.78, 5) is 39.3. The molecule has 36 heavy (non-hydrogen) atoms. The molecular weight excluding hydrogens is 454 g/mol. The Kier molecular flexibility index (Phi) is 7.37. The average Bonchev–Trinajstić information content (AvgIpc) is 3.26. The van der Waals surface area contributed by atoms with Crippen LogP contribution in [0.2, 0.25) is 0 Å². The molecule has 3 heterocycles. The van der Waals surface area contributed by atoms with E-state index in [-0.39, 0.29) is 24.3 Å². The maximum absolute atomic E-state index is 13.4. The second kappa shape index (κ2) is 10.5. The maximum Gasteiger partial charge on any atom is 0.242 e. The number of hydrogen-bond acceptors (Lipinski definition) is 6. The lowest BCUT2D eigenvalue weighted by Crippen LogP contribution is -2.48. The molecule has 0 bridgehead atoms. The Balaban J connectivity index is 1.49. The van der Waals surface area contributed by atoms with Crippen molar-refractivity contribution in [3.63, 3.8) is 0 Å². The summed E-state index contributed by atoms with van der Waals surface area (Å²) in [7, 11) is 0. The van der Waals surface area contributed by atoms with Crippen LogP contribution in [0.3, 0.4) is 0 Å². The maximum atomic E-state index is 13.4. The smallest absolute Gasteiger partial charge is 0.242 e. The largest absolute Gasteiger partial charge is 0.340 e. The summed E-state index contributed by atoms with van der Waals surface area (Å²) in [5, 5.41) is 10.4. The molecule has 9 nitrogen and oxygen atoms in total. The Bertz CT molecular complexity index is 1220. The summed E-state index contributed by atoms with van der Waals surface area (Å²) >= 11 is 0. The van der Waals surface area contributed by atoms with E-state index in [1.54, 1.807) is 4.90 Å². The number of anilines is 3. The minimum Gasteiger partial charge on any atom is -0.340 e. The van der Waals surface area contributed by atoms with Crippen molar-refractivity contribution in [3.8, 4) is 0 Å². The fourth-order valence-corrected chi connectivity index (χ4v) is 4.45. The number of aryl methyl sites for hydroxylation is 2. The molecule has 1 aliphatic heterocycles. The minimum atomic E-state index is -0.602. The molecule has 9 heteroatoms. The van der Waals surface area contributed by atoms with Crippen LogP contribution in [0.5, 0.6) is 0 Å². The summed E-state index contributed by atoms with van der Waals surface area (Å²) in [6.07, 6.45) is 1.81. The highest BCUT2D eigenvalue weighted by molar-refractivity contribution is 6.01. The number of carbonyl (C=O) groups excluding carboxylic acids is 2. The summed E-state index contributed by atoms with van der Waals surface area (Å²) in [5.41, 5.74) is 1.99. The number of aromatic amines is 1. The molecule has 2 amide bonds. The fourth-order valence-electron chi connectivity index (χ4n) is 4.45. The molecule has 1 fully saturated rings. The zero-order chi connectivity index (χ0) is 25.9. The van der Waals surface area contributed by atoms with E-state index in [0.717, 1.165) is 29.9 Å². The number of para-hydroxylation sites is 1. The summed E-state index contributed by atoms with van der Waals surface area (Å²) < 4.78 is 0. The second-order valence-corrected chi connectivity index (χ2v) is 10.4. The van der Waals surface area contributed by atoms with Gasteiger partial charge >= 0.3 is 0 Å². The SMILES string of the molecule is Cc1nc(Nc2cc(C)[nH]n2)cc([C@H]2CCCN(C(=O)CN(C(=O)C(C)(C)C)c3ccccc3)C2)n1. The van der Waals surface area contributed by atoms with Gasteiger partial charge in [-0.2, -0.15) is 5.10 Å². The molecule has 0 radical (unpaired) electrons. The van der Waals surface area contributed by atoms with Crippen LogP contribution in [0.4, 0.5) is 17.3 Å². The van der Waals surface area contributed by atoms with Gasteiger partial charge in [-0.15, -0.1) is 0 Å². The number of hydrogen-bond donors (Lipinski definition) is 2. The van der Waals surface area contributed by atoms with Crippen molar-refractivity contribution in [2.24, 2.45) is 5.41 Å². The number of benzene rings is 1. The number of H-pyrrole nitrogens is 1. The molecule has 3 aromatic rings. The van der Waals surface area contributed by atoms with E-state index in [1.165, 1.54) is 0 Å². The van der Waals surface area contributed by atoms with E-state index in [1.807, 2.05) is 82.0 Å². The zero-order valence-electron chi connectivity index (χ0n) is 21.7. The second-order valence-electron chi connectivity index (χ2n) is 10.4. The molecule has 4 rings (SSSR count). The van der Waals surface area contributed by atoms with E-state index in [0.29, 0.717) is 30.5 Å². The quantitative estimate of drug-likeness (QED) is 0.533. The van der Waals surface area contributed by atoms with E-state index in [2.05, 4.69) is 25.5 Å². The third kappa shape index (κ3) is 6.08. The molecule has 1 atom stereocenters. The van der Waals surface area contributed by atoms with Crippen molar-refractivity contribution in [1.82, 2.24) is 25.1 Å². The number of likely N-dealkylation sites (tertiary alicyclic amines) is 1. The number of aromatic nitrogens is 4. The van der Waals surface area contributed by atoms with Crippen molar-refractivity contribution >= 4 is 29.1 Å². The van der Waals surface area contributed by atoms with Gasteiger partial charge in [0.2, 0.25) is 11.8 Å². The number of piperidine rings is 1. The Hall–Kier alpha value is -3.75. The van der Waals surface area contributed by atoms with E-state index in [4.69, 9.17) is 0 Å². The van der Waals surface area contributed by atoms with Crippen molar-refractivity contribution in [2.45, 2.75) is 53.4 Å². The Labute approximate surface area is 212 Å². The highest BCUT2D eigenvalue weighted by atomic mass is 16.2. The van der Waals surface area contributed by atoms with Crippen molar-refractivity contribution in [2.75, 3.05) is 29.9 Å². The summed E-state index contributed by atoms with van der Waals surface area (Å²) in [6, 6.07) is 13.3. The molecule has 2 aromatic heterocycles. The first-order valence-corrected chi connectivity index (χ1v) is 12.4. The third-order valence-corrected chi connectivity index (χ3v) is 6.26. The van der Waals surface area contributed by atoms with Crippen molar-refractivity contribution in [3.05, 3.63) is 59.7 Å². The van der Waals surface area contributed by atoms with Gasteiger partial charge in [0.15, 0.2) is 5.82 Å². The van der Waals surface area contributed by atoms with Gasteiger partial charge in [0.05, 0.1) is 5.69 Å². The zero-order valence-corrected chi connectivity index (χ0v) is 21.7. The first-order valence-electron chi connectivity index (χ1n) is 12.4. The number of rotatable bonds is 6. The normalized spacial score (nSPS) is 16.0. The lowest BCUT2D eigenvalue weighted by atomic mass is 9.93. The fraction of sp³-hybridized carbons (Fsp3) is 0.444. The molecule has 0 spiro atoms. The van der Waals surface area contributed by atoms with Crippen LogP contribution in [-0.4, -0.2) is 56.5 Å². The summed E-state index contributed by atoms with van der Waals surface area (Å²) in [5.74, 6) is 2.00. The summed E-state index contributed by atoms with van der Waals surface area (Å²) in [6.45, 7) is 10.7. The van der Waals surface area contributed by atoms with E-state index < -0.39 is 5.41 Å². The van der Waals surface area contributed by atoms with Crippen molar-refractivity contribution in [1.29, 1.82) is 0 Å². The van der Waals surface area contributed by atoms with Crippen LogP contribution in [0.15, 0.2) is 42.5 Å². The van der Waals surface area contributed by atoms with Gasteiger partial charge in [-0.25, -0.2) is 9.97 Å². The van der Waals surface area contributed by atoms with Crippen LogP contribution < -0.4 is 10.2 Å². The van der Waals surface area contributed by atoms with Crippen LogP contribution >= 0.6 is 0 Å². The van der Waals surface area contributed by atoms with Crippen LogP contribution in [0, 0.1) is 19.3 Å². The average molecular weight is 490 g/mol. The monoisotopic (exact) mass is 489 g/mol. The lowest BCUT2D eigenvalue weighted by Gasteiger charge is -2.35. The molecule has 1 saturated heterocycles. The van der Waals surface area contributed by atoms with Gasteiger partial charge in [-0.3, -0.25) is 14.7 Å². The standard InChI is InChI=1S/C27H35N7O2/c1-18-14-24(32-31-18)30-23-15-22(28-19(2)29-23)20-10-9-13-33(16-20)25(35)17-34(26(36)27(3,4)5)21-11-7-6-8-12-21/h6-8,11-12,14-15,20H,9-10,13,16-17H2,1-5H3,(H2,28,29,30,31,32)/t20-/m0/s1. The molecular formula is C27H35N7O2. The molecule has 0 aliphatic carbocycles. The topological polar surface area (TPSA) is 107 Å². The van der Waals surface area contributed by atoms with Gasteiger partial charge in [-0.1, -0.05) is 39.0 Å². The Morgan fingerprint density at radius 2 is 1.86 bits per heavy atom. The predicted octanol–water partition coefficient (Wildman–Crippen LogP) is 4.35. The molecule has 1 aromatic carbocycles. The third-order valence-electron chi connectivity index (χ3n) is 6.26. The highest BCUT2D eigenvalue weighted by Crippen LogP contribution is 2.29. The van der Waals surface area contributed by atoms with Crippen LogP contribution in [0.25, 0.3) is 0 Å². The van der Waals surface area contributed by atoms with Crippen molar-refractivity contribution < 1.29 is 9.59 Å². The van der Waals surface area contributed by atoms with Gasteiger partial charge < -0.3 is 15.1 Å². The van der Waals surface area contributed by atoms with Gasteiger partial charge in [0.25, 0.3) is 0 Å². The van der Waals surface area contributed by atoms with Crippen LogP contribution in [-0.2, 0) is 9.59 Å². The molecule has 190 valence electrons. The predicted molar refractivity (Wildman–Crippen MR) is 140 cm³/mol. The highest BCUT2D eigenvalue weighted by Gasteiger charge is 2.32. The number of carbonyl (C=O) groups is 2. The molecule has 1 aliphatic rings.